The summed E-state index contributed by atoms with van der Waals surface area (Å²) in [5.41, 5.74) is 8.40. The van der Waals surface area contributed by atoms with Crippen molar-refractivity contribution in [2.24, 2.45) is 0 Å². The molecule has 37 heavy (non-hydrogen) atoms. The van der Waals surface area contributed by atoms with Crippen LogP contribution in [-0.4, -0.2) is 60.6 Å². The molecular formula is C28H33N7O2. The zero-order chi connectivity index (χ0) is 26.5. The van der Waals surface area contributed by atoms with Gasteiger partial charge in [-0.2, -0.15) is 5.26 Å². The number of benzene rings is 2. The van der Waals surface area contributed by atoms with E-state index in [0.29, 0.717) is 23.2 Å². The van der Waals surface area contributed by atoms with Crippen molar-refractivity contribution in [3.05, 3.63) is 54.4 Å². The summed E-state index contributed by atoms with van der Waals surface area (Å²) in [6.45, 7) is 4.03. The Hall–Kier alpha value is -4.16. The van der Waals surface area contributed by atoms with E-state index in [2.05, 4.69) is 46.2 Å². The fourth-order valence-electron chi connectivity index (χ4n) is 4.73. The number of carbonyl (C=O) groups is 1. The number of nitrogen functional groups attached to an aromatic ring is 1. The van der Waals surface area contributed by atoms with E-state index >= 15 is 0 Å². The topological polar surface area (TPSA) is 129 Å². The lowest BCUT2D eigenvalue weighted by Gasteiger charge is -2.32. The monoisotopic (exact) mass is 499 g/mol. The second-order valence-corrected chi connectivity index (χ2v) is 9.59. The Labute approximate surface area is 217 Å². The Bertz CT molecular complexity index is 1350. The molecule has 9 heteroatoms. The summed E-state index contributed by atoms with van der Waals surface area (Å²) in [7, 11) is 5.78. The number of ether oxygens (including phenoxy) is 1. The number of nitrogens with two attached hydrogens (primary N) is 1. The maximum absolute atomic E-state index is 13.1. The molecule has 2 aromatic carbocycles. The molecule has 4 N–H and O–H groups in total. The van der Waals surface area contributed by atoms with Crippen LogP contribution in [0.4, 0.5) is 11.4 Å². The summed E-state index contributed by atoms with van der Waals surface area (Å²) < 4.78 is 5.54. The van der Waals surface area contributed by atoms with Gasteiger partial charge >= 0.3 is 0 Å². The standard InChI is InChI=1S/C28H33N7O2/c1-17(14-29)15-31-25-22-13-19(6-5-18(22)7-12-24(25)37-4)27-32-16-23(30)26(34-27)28(36)33-20-8-10-21(11-9-20)35(2)3/h5-7,12-13,16,20-21,31H,1,8-11,15,30H2,2-4H3,(H,33,36)/t20-,21+. The normalized spacial score (nSPS) is 17.3. The highest BCUT2D eigenvalue weighted by molar-refractivity contribution is 6.00. The highest BCUT2D eigenvalue weighted by Crippen LogP contribution is 2.35. The lowest BCUT2D eigenvalue weighted by atomic mass is 9.90. The molecule has 0 spiro atoms. The number of nitriles is 1. The highest BCUT2D eigenvalue weighted by Gasteiger charge is 2.25. The molecule has 1 saturated carbocycles. The lowest BCUT2D eigenvalue weighted by Crippen LogP contribution is -2.42. The van der Waals surface area contributed by atoms with Crippen LogP contribution in [0.1, 0.15) is 36.2 Å². The van der Waals surface area contributed by atoms with E-state index in [4.69, 9.17) is 15.7 Å². The van der Waals surface area contributed by atoms with Gasteiger partial charge in [-0.05, 0) is 57.3 Å². The van der Waals surface area contributed by atoms with Gasteiger partial charge in [0.2, 0.25) is 0 Å². The zero-order valence-electron chi connectivity index (χ0n) is 21.5. The molecule has 0 unspecified atom stereocenters. The first-order chi connectivity index (χ1) is 17.8. The Kier molecular flexibility index (Phi) is 7.89. The van der Waals surface area contributed by atoms with E-state index in [1.807, 2.05) is 36.4 Å². The van der Waals surface area contributed by atoms with Gasteiger partial charge in [0.05, 0.1) is 30.8 Å². The minimum absolute atomic E-state index is 0.103. The van der Waals surface area contributed by atoms with Gasteiger partial charge in [0.15, 0.2) is 11.5 Å². The van der Waals surface area contributed by atoms with Gasteiger partial charge in [-0.25, -0.2) is 9.97 Å². The molecule has 0 aliphatic heterocycles. The van der Waals surface area contributed by atoms with Crippen LogP contribution in [0.3, 0.4) is 0 Å². The Morgan fingerprint density at radius 3 is 2.65 bits per heavy atom. The van der Waals surface area contributed by atoms with E-state index in [0.717, 1.165) is 47.7 Å². The molecule has 1 aliphatic rings. The van der Waals surface area contributed by atoms with E-state index < -0.39 is 0 Å². The van der Waals surface area contributed by atoms with Crippen molar-refractivity contribution in [3.63, 3.8) is 0 Å². The molecule has 0 bridgehead atoms. The van der Waals surface area contributed by atoms with Crippen LogP contribution in [0.2, 0.25) is 0 Å². The summed E-state index contributed by atoms with van der Waals surface area (Å²) >= 11 is 0. The van der Waals surface area contributed by atoms with Gasteiger partial charge in [0.1, 0.15) is 5.75 Å². The average Bonchev–Trinajstić information content (AvgIpc) is 2.91. The van der Waals surface area contributed by atoms with Gasteiger partial charge in [-0.1, -0.05) is 24.8 Å². The summed E-state index contributed by atoms with van der Waals surface area (Å²) in [6, 6.07) is 12.3. The van der Waals surface area contributed by atoms with Crippen molar-refractivity contribution in [1.82, 2.24) is 20.2 Å². The first-order valence-electron chi connectivity index (χ1n) is 12.3. The van der Waals surface area contributed by atoms with Crippen molar-refractivity contribution >= 4 is 28.1 Å². The van der Waals surface area contributed by atoms with Gasteiger partial charge in [0.25, 0.3) is 5.91 Å². The van der Waals surface area contributed by atoms with Crippen molar-refractivity contribution < 1.29 is 9.53 Å². The number of fused-ring (bicyclic) bond motifs is 1. The summed E-state index contributed by atoms with van der Waals surface area (Å²) in [5.74, 6) is 0.750. The molecule has 192 valence electrons. The van der Waals surface area contributed by atoms with E-state index in [1.165, 1.54) is 6.20 Å². The van der Waals surface area contributed by atoms with Gasteiger partial charge in [-0.15, -0.1) is 0 Å². The molecule has 0 saturated heterocycles. The smallest absolute Gasteiger partial charge is 0.272 e. The molecule has 3 aromatic rings. The van der Waals surface area contributed by atoms with Crippen molar-refractivity contribution in [2.75, 3.05) is 38.8 Å². The highest BCUT2D eigenvalue weighted by atomic mass is 16.5. The third-order valence-corrected chi connectivity index (χ3v) is 6.89. The van der Waals surface area contributed by atoms with Crippen LogP contribution in [0, 0.1) is 11.3 Å². The molecular weight excluding hydrogens is 466 g/mol. The molecule has 1 amide bonds. The summed E-state index contributed by atoms with van der Waals surface area (Å²) in [4.78, 5) is 24.3. The molecule has 9 nitrogen and oxygen atoms in total. The lowest BCUT2D eigenvalue weighted by molar-refractivity contribution is 0.0912. The zero-order valence-corrected chi connectivity index (χ0v) is 21.5. The van der Waals surface area contributed by atoms with Crippen LogP contribution < -0.4 is 21.1 Å². The molecule has 1 aromatic heterocycles. The third kappa shape index (κ3) is 5.81. The maximum Gasteiger partial charge on any atom is 0.272 e. The number of nitrogens with zero attached hydrogens (tertiary/aromatic N) is 4. The predicted octanol–water partition coefficient (Wildman–Crippen LogP) is 3.98. The van der Waals surface area contributed by atoms with Crippen LogP contribution in [0.15, 0.2) is 48.7 Å². The number of hydrogen-bond acceptors (Lipinski definition) is 8. The van der Waals surface area contributed by atoms with E-state index in [-0.39, 0.29) is 29.9 Å². The minimum atomic E-state index is -0.283. The number of rotatable bonds is 8. The Balaban J connectivity index is 1.61. The Morgan fingerprint density at radius 2 is 1.97 bits per heavy atom. The first kappa shape index (κ1) is 25.9. The maximum atomic E-state index is 13.1. The van der Waals surface area contributed by atoms with Gasteiger partial charge in [-0.3, -0.25) is 4.79 Å². The SMILES string of the molecule is C=C(C#N)CNc1c(OC)ccc2ccc(-c3ncc(N)c(C(=O)N[C@H]4CC[C@@H](N(C)C)CC4)n3)cc12. The Morgan fingerprint density at radius 1 is 1.24 bits per heavy atom. The quantitative estimate of drug-likeness (QED) is 0.397. The second kappa shape index (κ2) is 11.3. The van der Waals surface area contributed by atoms with Gasteiger partial charge in [0, 0.05) is 35.2 Å². The van der Waals surface area contributed by atoms with Crippen molar-refractivity contribution in [2.45, 2.75) is 37.8 Å². The number of aromatic nitrogens is 2. The number of methoxy groups -OCH3 is 1. The van der Waals surface area contributed by atoms with E-state index in [9.17, 15) is 4.79 Å². The van der Waals surface area contributed by atoms with Crippen LogP contribution in [0.5, 0.6) is 5.75 Å². The van der Waals surface area contributed by atoms with Crippen LogP contribution in [0.25, 0.3) is 22.2 Å². The number of carbonyl (C=O) groups excluding carboxylic acids is 1. The fourth-order valence-corrected chi connectivity index (χ4v) is 4.73. The average molecular weight is 500 g/mol. The van der Waals surface area contributed by atoms with Crippen LogP contribution >= 0.6 is 0 Å². The third-order valence-electron chi connectivity index (χ3n) is 6.89. The van der Waals surface area contributed by atoms with Crippen LogP contribution in [-0.2, 0) is 0 Å². The number of anilines is 2. The molecule has 1 fully saturated rings. The van der Waals surface area contributed by atoms with Gasteiger partial charge < -0.3 is 26.0 Å². The number of nitrogens with one attached hydrogen (secondary N) is 2. The van der Waals surface area contributed by atoms with E-state index in [1.54, 1.807) is 7.11 Å². The molecule has 1 heterocycles. The minimum Gasteiger partial charge on any atom is -0.495 e. The molecule has 4 rings (SSSR count). The molecule has 0 radical (unpaired) electrons. The first-order valence-corrected chi connectivity index (χ1v) is 12.3. The number of amides is 1. The predicted molar refractivity (Wildman–Crippen MR) is 146 cm³/mol. The summed E-state index contributed by atoms with van der Waals surface area (Å²) in [6.07, 6.45) is 5.41. The molecule has 1 aliphatic carbocycles. The largest absolute Gasteiger partial charge is 0.495 e. The summed E-state index contributed by atoms with van der Waals surface area (Å²) in [5, 5.41) is 17.3. The number of hydrogen-bond donors (Lipinski definition) is 3. The second-order valence-electron chi connectivity index (χ2n) is 9.59. The van der Waals surface area contributed by atoms with Crippen molar-refractivity contribution in [1.29, 1.82) is 5.26 Å². The van der Waals surface area contributed by atoms with Crippen molar-refractivity contribution in [3.8, 4) is 23.2 Å². The molecule has 0 atom stereocenters. The fraction of sp³-hybridized carbons (Fsp3) is 0.357.